The normalized spacial score (nSPS) is 12.4. The zero-order valence-corrected chi connectivity index (χ0v) is 20.8. The molecule has 0 aliphatic heterocycles. The first-order valence-electron chi connectivity index (χ1n) is 11.3. The molecule has 0 fully saturated rings. The first kappa shape index (κ1) is 26.9. The molecule has 2 aromatic rings. The minimum atomic E-state index is -1.01. The molecule has 1 unspecified atom stereocenters. The molecule has 7 heteroatoms. The summed E-state index contributed by atoms with van der Waals surface area (Å²) in [6, 6.07) is 15.6. The quantitative estimate of drug-likeness (QED) is 0.387. The fourth-order valence-corrected chi connectivity index (χ4v) is 2.97. The lowest BCUT2D eigenvalue weighted by molar-refractivity contribution is -0.157. The van der Waals surface area contributed by atoms with Crippen molar-refractivity contribution in [1.29, 1.82) is 0 Å². The monoisotopic (exact) mass is 469 g/mol. The van der Waals surface area contributed by atoms with Gasteiger partial charge in [0, 0.05) is 12.0 Å². The van der Waals surface area contributed by atoms with Gasteiger partial charge in [0.25, 0.3) is 0 Å². The first-order valence-corrected chi connectivity index (χ1v) is 11.3. The molecule has 0 spiro atoms. The molecular formula is C27H35NO6. The molecule has 0 aliphatic rings. The molecule has 0 aliphatic carbocycles. The Kier molecular flexibility index (Phi) is 9.24. The van der Waals surface area contributed by atoms with Crippen molar-refractivity contribution in [2.45, 2.75) is 78.2 Å². The van der Waals surface area contributed by atoms with Crippen molar-refractivity contribution in [2.24, 2.45) is 0 Å². The van der Waals surface area contributed by atoms with E-state index in [0.29, 0.717) is 17.9 Å². The van der Waals surface area contributed by atoms with Gasteiger partial charge in [0.1, 0.15) is 29.6 Å². The van der Waals surface area contributed by atoms with Gasteiger partial charge in [-0.15, -0.1) is 0 Å². The lowest BCUT2D eigenvalue weighted by Gasteiger charge is -2.26. The van der Waals surface area contributed by atoms with Gasteiger partial charge < -0.3 is 19.5 Å². The number of carbonyl (C=O) groups is 3. The summed E-state index contributed by atoms with van der Waals surface area (Å²) < 4.78 is 16.4. The molecule has 1 N–H and O–H groups in total. The predicted molar refractivity (Wildman–Crippen MR) is 130 cm³/mol. The molecule has 0 saturated heterocycles. The average Bonchev–Trinajstić information content (AvgIpc) is 2.73. The molecule has 0 aromatic heterocycles. The van der Waals surface area contributed by atoms with Crippen molar-refractivity contribution in [3.8, 4) is 5.75 Å². The molecule has 184 valence electrons. The lowest BCUT2D eigenvalue weighted by Crippen LogP contribution is -2.46. The lowest BCUT2D eigenvalue weighted by atomic mass is 10.0. The fraction of sp³-hybridized carbons (Fsp3) is 0.444. The number of esters is 1. The van der Waals surface area contributed by atoms with Crippen molar-refractivity contribution in [3.05, 3.63) is 65.7 Å². The fourth-order valence-electron chi connectivity index (χ4n) is 2.97. The Labute approximate surface area is 201 Å². The summed E-state index contributed by atoms with van der Waals surface area (Å²) >= 11 is 0. The third-order valence-electron chi connectivity index (χ3n) is 4.47. The number of ether oxygens (including phenoxy) is 3. The van der Waals surface area contributed by atoms with Gasteiger partial charge in [-0.05, 0) is 77.8 Å². The smallest absolute Gasteiger partial charge is 0.408 e. The number of hydrogen-bond acceptors (Lipinski definition) is 6. The number of alkyl carbamates (subject to hydrolysis) is 1. The summed E-state index contributed by atoms with van der Waals surface area (Å²) in [5, 5.41) is 2.54. The summed E-state index contributed by atoms with van der Waals surface area (Å²) in [7, 11) is 0. The van der Waals surface area contributed by atoms with E-state index >= 15 is 0 Å². The van der Waals surface area contributed by atoms with E-state index in [2.05, 4.69) is 5.32 Å². The number of carbonyl (C=O) groups excluding carboxylic acids is 3. The zero-order chi connectivity index (χ0) is 25.4. The maximum atomic E-state index is 12.7. The Hall–Kier alpha value is -3.35. The molecule has 0 saturated carbocycles. The Balaban J connectivity index is 1.97. The van der Waals surface area contributed by atoms with E-state index in [1.807, 2.05) is 30.3 Å². The van der Waals surface area contributed by atoms with Gasteiger partial charge in [-0.2, -0.15) is 0 Å². The summed E-state index contributed by atoms with van der Waals surface area (Å²) in [6.07, 6.45) is -0.612. The minimum absolute atomic E-state index is 0.0456. The highest BCUT2D eigenvalue weighted by molar-refractivity contribution is 5.96. The second-order valence-corrected chi connectivity index (χ2v) is 9.99. The predicted octanol–water partition coefficient (Wildman–Crippen LogP) is 5.46. The van der Waals surface area contributed by atoms with Crippen LogP contribution in [0.3, 0.4) is 0 Å². The van der Waals surface area contributed by atoms with Gasteiger partial charge in [-0.1, -0.05) is 30.3 Å². The number of Topliss-reactive ketones (excluding diaryl/α,β-unsaturated/α-hetero) is 1. The largest absolute Gasteiger partial charge is 0.489 e. The highest BCUT2D eigenvalue weighted by Crippen LogP contribution is 2.18. The number of rotatable bonds is 9. The van der Waals surface area contributed by atoms with E-state index < -0.39 is 29.3 Å². The van der Waals surface area contributed by atoms with Crippen LogP contribution < -0.4 is 10.1 Å². The number of benzene rings is 2. The zero-order valence-electron chi connectivity index (χ0n) is 20.8. The van der Waals surface area contributed by atoms with E-state index in [1.54, 1.807) is 65.8 Å². The second kappa shape index (κ2) is 11.7. The van der Waals surface area contributed by atoms with Gasteiger partial charge in [0.05, 0.1) is 0 Å². The van der Waals surface area contributed by atoms with Crippen LogP contribution in [0.15, 0.2) is 54.6 Å². The number of ketones is 1. The van der Waals surface area contributed by atoms with Gasteiger partial charge in [-0.3, -0.25) is 4.79 Å². The number of amides is 1. The van der Waals surface area contributed by atoms with E-state index in [0.717, 1.165) is 5.56 Å². The molecule has 0 bridgehead atoms. The molecular weight excluding hydrogens is 434 g/mol. The Bertz CT molecular complexity index is 955. The Morgan fingerprint density at radius 3 is 1.97 bits per heavy atom. The van der Waals surface area contributed by atoms with Crippen LogP contribution in [-0.4, -0.2) is 35.1 Å². The summed E-state index contributed by atoms with van der Waals surface area (Å²) in [6.45, 7) is 10.8. The molecule has 0 radical (unpaired) electrons. The molecule has 1 amide bonds. The topological polar surface area (TPSA) is 90.9 Å². The highest BCUT2D eigenvalue weighted by atomic mass is 16.6. The van der Waals surface area contributed by atoms with Crippen LogP contribution in [0, 0.1) is 0 Å². The van der Waals surface area contributed by atoms with Gasteiger partial charge in [0.15, 0.2) is 5.78 Å². The third kappa shape index (κ3) is 10.1. The van der Waals surface area contributed by atoms with Crippen molar-refractivity contribution in [2.75, 3.05) is 0 Å². The second-order valence-electron chi connectivity index (χ2n) is 9.99. The van der Waals surface area contributed by atoms with E-state index in [-0.39, 0.29) is 18.6 Å². The maximum Gasteiger partial charge on any atom is 0.408 e. The summed E-state index contributed by atoms with van der Waals surface area (Å²) in [5.74, 6) is -0.122. The molecule has 2 aromatic carbocycles. The average molecular weight is 470 g/mol. The maximum absolute atomic E-state index is 12.7. The molecule has 1 atom stereocenters. The van der Waals surface area contributed by atoms with Crippen LogP contribution in [0.2, 0.25) is 0 Å². The van der Waals surface area contributed by atoms with Gasteiger partial charge in [0.2, 0.25) is 0 Å². The molecule has 7 nitrogen and oxygen atoms in total. The van der Waals surface area contributed by atoms with Crippen LogP contribution in [0.4, 0.5) is 4.79 Å². The van der Waals surface area contributed by atoms with Crippen LogP contribution in [0.1, 0.15) is 70.3 Å². The Morgan fingerprint density at radius 2 is 1.41 bits per heavy atom. The van der Waals surface area contributed by atoms with Crippen molar-refractivity contribution in [1.82, 2.24) is 5.32 Å². The summed E-state index contributed by atoms with van der Waals surface area (Å²) in [5.41, 5.74) is 0.0911. The minimum Gasteiger partial charge on any atom is -0.489 e. The van der Waals surface area contributed by atoms with E-state index in [1.165, 1.54) is 0 Å². The van der Waals surface area contributed by atoms with E-state index in [9.17, 15) is 14.4 Å². The van der Waals surface area contributed by atoms with Crippen LogP contribution in [0.5, 0.6) is 5.75 Å². The van der Waals surface area contributed by atoms with Crippen molar-refractivity contribution < 1.29 is 28.6 Å². The standard InChI is InChI=1S/C27H35NO6/c1-26(2,3)33-24(30)22(28-25(31)34-27(4,5)6)16-17-23(29)20-12-14-21(15-13-20)32-18-19-10-8-7-9-11-19/h7-15,22H,16-18H2,1-6H3,(H,28,31). The summed E-state index contributed by atoms with van der Waals surface area (Å²) in [4.78, 5) is 37.6. The van der Waals surface area contributed by atoms with Crippen molar-refractivity contribution >= 4 is 17.8 Å². The van der Waals surface area contributed by atoms with Crippen LogP contribution >= 0.6 is 0 Å². The highest BCUT2D eigenvalue weighted by Gasteiger charge is 2.29. The molecule has 2 rings (SSSR count). The SMILES string of the molecule is CC(C)(C)OC(=O)NC(CCC(=O)c1ccc(OCc2ccccc2)cc1)C(=O)OC(C)(C)C. The van der Waals surface area contributed by atoms with Crippen LogP contribution in [0.25, 0.3) is 0 Å². The van der Waals surface area contributed by atoms with Gasteiger partial charge >= 0.3 is 12.1 Å². The molecule has 0 heterocycles. The van der Waals surface area contributed by atoms with Crippen LogP contribution in [-0.2, 0) is 20.9 Å². The van der Waals surface area contributed by atoms with Crippen molar-refractivity contribution in [3.63, 3.8) is 0 Å². The number of hydrogen-bond donors (Lipinski definition) is 1. The molecule has 34 heavy (non-hydrogen) atoms. The van der Waals surface area contributed by atoms with Gasteiger partial charge in [-0.25, -0.2) is 9.59 Å². The van der Waals surface area contributed by atoms with E-state index in [4.69, 9.17) is 14.2 Å². The Morgan fingerprint density at radius 1 is 0.824 bits per heavy atom. The third-order valence-corrected chi connectivity index (χ3v) is 4.47. The number of nitrogens with one attached hydrogen (secondary N) is 1. The first-order chi connectivity index (χ1) is 15.8.